The Morgan fingerprint density at radius 1 is 1.40 bits per heavy atom. The zero-order valence-corrected chi connectivity index (χ0v) is 9.40. The number of ether oxygens (including phenoxy) is 1. The first kappa shape index (κ1) is 10.5. The summed E-state index contributed by atoms with van der Waals surface area (Å²) in [6, 6.07) is -0.00935. The molecule has 2 saturated heterocycles. The summed E-state index contributed by atoms with van der Waals surface area (Å²) in [6.45, 7) is 5.50. The van der Waals surface area contributed by atoms with Crippen LogP contribution in [0.4, 0.5) is 4.79 Å². The van der Waals surface area contributed by atoms with Crippen LogP contribution >= 0.6 is 0 Å². The molecule has 2 bridgehead atoms. The second-order valence-electron chi connectivity index (χ2n) is 5.40. The van der Waals surface area contributed by atoms with Crippen molar-refractivity contribution in [2.45, 2.75) is 51.3 Å². The first-order valence-corrected chi connectivity index (χ1v) is 5.39. The van der Waals surface area contributed by atoms with Gasteiger partial charge in [-0.2, -0.15) is 0 Å². The summed E-state index contributed by atoms with van der Waals surface area (Å²) >= 11 is 0. The molecule has 1 unspecified atom stereocenters. The lowest BCUT2D eigenvalue weighted by molar-refractivity contribution is -0.111. The summed E-state index contributed by atoms with van der Waals surface area (Å²) in [6.07, 6.45) is 2.46. The summed E-state index contributed by atoms with van der Waals surface area (Å²) < 4.78 is 5.28. The van der Waals surface area contributed by atoms with E-state index in [0.717, 1.165) is 19.1 Å². The lowest BCUT2D eigenvalue weighted by Crippen LogP contribution is -2.42. The van der Waals surface area contributed by atoms with Crippen molar-refractivity contribution < 1.29 is 14.3 Å². The molecule has 1 atom stereocenters. The number of amides is 1. The highest BCUT2D eigenvalue weighted by Gasteiger charge is 2.53. The van der Waals surface area contributed by atoms with Crippen LogP contribution in [0.25, 0.3) is 0 Å². The topological polar surface area (TPSA) is 46.6 Å². The number of nitrogens with zero attached hydrogens (tertiary/aromatic N) is 1. The third kappa shape index (κ3) is 1.73. The fourth-order valence-corrected chi connectivity index (χ4v) is 2.37. The molecule has 84 valence electrons. The lowest BCUT2D eigenvalue weighted by atomic mass is 9.83. The SMILES string of the molecule is CC(C)(C)OC(=O)N1C2CC(C2)C1C=O. The molecule has 1 amide bonds. The number of carbonyl (C=O) groups excluding carboxylic acids is 2. The smallest absolute Gasteiger partial charge is 0.411 e. The number of carbonyl (C=O) groups is 2. The van der Waals surface area contributed by atoms with Crippen LogP contribution in [-0.2, 0) is 9.53 Å². The van der Waals surface area contributed by atoms with Gasteiger partial charge in [0.2, 0.25) is 0 Å². The fourth-order valence-electron chi connectivity index (χ4n) is 2.37. The van der Waals surface area contributed by atoms with E-state index < -0.39 is 5.60 Å². The van der Waals surface area contributed by atoms with Crippen LogP contribution in [0, 0.1) is 5.92 Å². The highest BCUT2D eigenvalue weighted by molar-refractivity contribution is 5.76. The Morgan fingerprint density at radius 3 is 2.47 bits per heavy atom. The second-order valence-corrected chi connectivity index (χ2v) is 5.40. The lowest BCUT2D eigenvalue weighted by Gasteiger charge is -2.28. The maximum atomic E-state index is 11.8. The molecule has 15 heavy (non-hydrogen) atoms. The molecule has 0 aromatic rings. The number of aldehydes is 1. The van der Waals surface area contributed by atoms with Gasteiger partial charge < -0.3 is 9.53 Å². The zero-order chi connectivity index (χ0) is 11.2. The van der Waals surface area contributed by atoms with E-state index in [1.54, 1.807) is 4.90 Å². The van der Waals surface area contributed by atoms with E-state index in [2.05, 4.69) is 0 Å². The molecule has 1 aliphatic carbocycles. The van der Waals surface area contributed by atoms with E-state index in [1.807, 2.05) is 20.8 Å². The van der Waals surface area contributed by atoms with Crippen molar-refractivity contribution in [2.75, 3.05) is 0 Å². The Balaban J connectivity index is 2.04. The third-order valence-electron chi connectivity index (χ3n) is 3.09. The van der Waals surface area contributed by atoms with Gasteiger partial charge in [-0.3, -0.25) is 4.90 Å². The number of fused-ring (bicyclic) bond motifs is 1. The maximum absolute atomic E-state index is 11.8. The molecule has 3 aliphatic rings. The highest BCUT2D eigenvalue weighted by atomic mass is 16.6. The normalized spacial score (nSPS) is 33.5. The molecule has 0 radical (unpaired) electrons. The van der Waals surface area contributed by atoms with E-state index in [9.17, 15) is 9.59 Å². The minimum atomic E-state index is -0.489. The van der Waals surface area contributed by atoms with Crippen molar-refractivity contribution in [3.8, 4) is 0 Å². The van der Waals surface area contributed by atoms with Crippen LogP contribution in [0.5, 0.6) is 0 Å². The largest absolute Gasteiger partial charge is 0.444 e. The molecule has 4 heteroatoms. The minimum absolute atomic E-state index is 0.236. The molecule has 0 aromatic heterocycles. The van der Waals surface area contributed by atoms with Crippen LogP contribution in [0.15, 0.2) is 0 Å². The molecule has 0 spiro atoms. The van der Waals surface area contributed by atoms with E-state index in [-0.39, 0.29) is 18.2 Å². The van der Waals surface area contributed by atoms with Crippen molar-refractivity contribution >= 4 is 12.4 Å². The van der Waals surface area contributed by atoms with E-state index >= 15 is 0 Å². The molecule has 0 aromatic carbocycles. The van der Waals surface area contributed by atoms with E-state index in [1.165, 1.54) is 0 Å². The quantitative estimate of drug-likeness (QED) is 0.619. The van der Waals surface area contributed by atoms with Gasteiger partial charge in [0.15, 0.2) is 0 Å². The Hall–Kier alpha value is -1.06. The first-order chi connectivity index (χ1) is 6.92. The molecular weight excluding hydrogens is 194 g/mol. The first-order valence-electron chi connectivity index (χ1n) is 5.39. The summed E-state index contributed by atoms with van der Waals surface area (Å²) in [5.41, 5.74) is -0.489. The van der Waals surface area contributed by atoms with Crippen molar-refractivity contribution in [3.63, 3.8) is 0 Å². The summed E-state index contributed by atoms with van der Waals surface area (Å²) in [5, 5.41) is 0. The van der Waals surface area contributed by atoms with Crippen LogP contribution in [0.2, 0.25) is 0 Å². The number of hydrogen-bond acceptors (Lipinski definition) is 3. The van der Waals surface area contributed by atoms with Gasteiger partial charge >= 0.3 is 6.09 Å². The van der Waals surface area contributed by atoms with Gasteiger partial charge in [-0.1, -0.05) is 0 Å². The van der Waals surface area contributed by atoms with Crippen molar-refractivity contribution in [1.82, 2.24) is 4.90 Å². The molecule has 2 aliphatic heterocycles. The van der Waals surface area contributed by atoms with Gasteiger partial charge in [0.05, 0.1) is 6.04 Å². The van der Waals surface area contributed by atoms with Gasteiger partial charge in [0.1, 0.15) is 11.9 Å². The van der Waals surface area contributed by atoms with Gasteiger partial charge in [0, 0.05) is 6.04 Å². The van der Waals surface area contributed by atoms with Crippen LogP contribution in [0.1, 0.15) is 33.6 Å². The number of hydrogen-bond donors (Lipinski definition) is 0. The molecule has 1 saturated carbocycles. The standard InChI is InChI=1S/C11H17NO3/c1-11(2,3)15-10(14)12-8-4-7(5-8)9(12)6-13/h6-9H,4-5H2,1-3H3. The van der Waals surface area contributed by atoms with Gasteiger partial charge in [-0.15, -0.1) is 0 Å². The van der Waals surface area contributed by atoms with Gasteiger partial charge in [-0.05, 0) is 39.5 Å². The highest BCUT2D eigenvalue weighted by Crippen LogP contribution is 2.45. The Morgan fingerprint density at radius 2 is 2.00 bits per heavy atom. The van der Waals surface area contributed by atoms with Crippen LogP contribution in [0.3, 0.4) is 0 Å². The molecule has 4 nitrogen and oxygen atoms in total. The molecule has 0 N–H and O–H groups in total. The molecule has 2 heterocycles. The zero-order valence-electron chi connectivity index (χ0n) is 9.40. The minimum Gasteiger partial charge on any atom is -0.444 e. The molecule has 3 fully saturated rings. The Labute approximate surface area is 89.6 Å². The molecular formula is C11H17NO3. The predicted octanol–water partition coefficient (Wildman–Crippen LogP) is 1.58. The maximum Gasteiger partial charge on any atom is 0.411 e. The Bertz CT molecular complexity index is 289. The third-order valence-corrected chi connectivity index (χ3v) is 3.09. The van der Waals surface area contributed by atoms with Crippen LogP contribution < -0.4 is 0 Å². The monoisotopic (exact) mass is 211 g/mol. The van der Waals surface area contributed by atoms with Crippen molar-refractivity contribution in [2.24, 2.45) is 5.92 Å². The Kier molecular flexibility index (Phi) is 2.24. The summed E-state index contributed by atoms with van der Waals surface area (Å²) in [5.74, 6) is 0.375. The summed E-state index contributed by atoms with van der Waals surface area (Å²) in [4.78, 5) is 24.3. The van der Waals surface area contributed by atoms with E-state index in [0.29, 0.717) is 5.92 Å². The average Bonchev–Trinajstić information content (AvgIpc) is 2.50. The summed E-state index contributed by atoms with van der Waals surface area (Å²) in [7, 11) is 0. The van der Waals surface area contributed by atoms with Crippen molar-refractivity contribution in [3.05, 3.63) is 0 Å². The number of rotatable bonds is 1. The van der Waals surface area contributed by atoms with Crippen molar-refractivity contribution in [1.29, 1.82) is 0 Å². The fraction of sp³-hybridized carbons (Fsp3) is 0.818. The second kappa shape index (κ2) is 3.22. The molecule has 3 rings (SSSR count). The van der Waals surface area contributed by atoms with Gasteiger partial charge in [0.25, 0.3) is 0 Å². The van der Waals surface area contributed by atoms with Crippen LogP contribution in [-0.4, -0.2) is 35.0 Å². The average molecular weight is 211 g/mol. The predicted molar refractivity (Wildman–Crippen MR) is 54.4 cm³/mol. The van der Waals surface area contributed by atoms with Gasteiger partial charge in [-0.25, -0.2) is 4.79 Å². The van der Waals surface area contributed by atoms with E-state index in [4.69, 9.17) is 4.74 Å².